The molecule has 90 valence electrons. The van der Waals surface area contributed by atoms with Gasteiger partial charge >= 0.3 is 8.56 Å². The fraction of sp³-hybridized carbons (Fsp3) is 1.00. The first-order valence-electron chi connectivity index (χ1n) is 6.39. The first-order valence-corrected chi connectivity index (χ1v) is 8.49. The Kier molecular flexibility index (Phi) is 5.86. The van der Waals surface area contributed by atoms with Crippen LogP contribution in [0.4, 0.5) is 0 Å². The third-order valence-electron chi connectivity index (χ3n) is 3.80. The maximum atomic E-state index is 5.83. The van der Waals surface area contributed by atoms with E-state index in [4.69, 9.17) is 8.85 Å². The third kappa shape index (κ3) is 3.30. The van der Waals surface area contributed by atoms with Crippen molar-refractivity contribution in [2.24, 2.45) is 0 Å². The molecule has 1 aliphatic carbocycles. The fourth-order valence-electron chi connectivity index (χ4n) is 2.81. The Morgan fingerprint density at radius 2 is 1.67 bits per heavy atom. The van der Waals surface area contributed by atoms with Crippen LogP contribution in [0, 0.1) is 0 Å². The van der Waals surface area contributed by atoms with E-state index in [1.165, 1.54) is 51.0 Å². The van der Waals surface area contributed by atoms with Gasteiger partial charge in [0.1, 0.15) is 0 Å². The second-order valence-electron chi connectivity index (χ2n) is 4.66. The van der Waals surface area contributed by atoms with Crippen molar-refractivity contribution in [3.8, 4) is 0 Å². The normalized spacial score (nSPS) is 18.6. The zero-order valence-corrected chi connectivity index (χ0v) is 11.6. The van der Waals surface area contributed by atoms with E-state index < -0.39 is 8.56 Å². The maximum absolute atomic E-state index is 5.83. The van der Waals surface area contributed by atoms with Crippen LogP contribution < -0.4 is 0 Å². The van der Waals surface area contributed by atoms with Crippen molar-refractivity contribution in [3.63, 3.8) is 0 Å². The topological polar surface area (TPSA) is 18.5 Å². The average molecular weight is 230 g/mol. The van der Waals surface area contributed by atoms with Gasteiger partial charge in [-0.1, -0.05) is 39.0 Å². The molecule has 0 saturated heterocycles. The molecule has 0 aliphatic heterocycles. The van der Waals surface area contributed by atoms with E-state index in [0.717, 1.165) is 5.54 Å². The molecule has 1 aliphatic rings. The molecule has 1 saturated carbocycles. The monoisotopic (exact) mass is 230 g/mol. The standard InChI is InChI=1S/C12H26O2Si/c1-4-5-8-11-15(13-2,14-3)12-9-6-7-10-12/h12H,4-11H2,1-3H3. The van der Waals surface area contributed by atoms with Crippen LogP contribution in [0.15, 0.2) is 0 Å². The van der Waals surface area contributed by atoms with Crippen molar-refractivity contribution >= 4 is 8.56 Å². The second-order valence-corrected chi connectivity index (χ2v) is 8.42. The molecule has 3 heteroatoms. The smallest absolute Gasteiger partial charge is 0.340 e. The molecule has 0 unspecified atom stereocenters. The van der Waals surface area contributed by atoms with Crippen molar-refractivity contribution in [2.45, 2.75) is 63.5 Å². The average Bonchev–Trinajstić information content (AvgIpc) is 2.79. The minimum Gasteiger partial charge on any atom is -0.397 e. The largest absolute Gasteiger partial charge is 0.397 e. The molecule has 0 aromatic heterocycles. The summed E-state index contributed by atoms with van der Waals surface area (Å²) in [6.07, 6.45) is 9.29. The summed E-state index contributed by atoms with van der Waals surface area (Å²) in [7, 11) is 1.87. The van der Waals surface area contributed by atoms with Crippen molar-refractivity contribution in [3.05, 3.63) is 0 Å². The van der Waals surface area contributed by atoms with Crippen molar-refractivity contribution in [1.29, 1.82) is 0 Å². The van der Waals surface area contributed by atoms with Crippen molar-refractivity contribution < 1.29 is 8.85 Å². The molecule has 1 rings (SSSR count). The zero-order valence-electron chi connectivity index (χ0n) is 10.6. The molecule has 0 spiro atoms. The molecule has 0 N–H and O–H groups in total. The van der Waals surface area contributed by atoms with Crippen molar-refractivity contribution in [2.75, 3.05) is 14.2 Å². The highest BCUT2D eigenvalue weighted by Crippen LogP contribution is 2.41. The van der Waals surface area contributed by atoms with Crippen LogP contribution in [0.1, 0.15) is 51.9 Å². The molecular weight excluding hydrogens is 204 g/mol. The summed E-state index contributed by atoms with van der Waals surface area (Å²) in [6, 6.07) is 1.19. The minimum atomic E-state index is -1.85. The van der Waals surface area contributed by atoms with E-state index in [1.54, 1.807) is 0 Å². The predicted molar refractivity (Wildman–Crippen MR) is 66.3 cm³/mol. The number of unbranched alkanes of at least 4 members (excludes halogenated alkanes) is 2. The molecule has 15 heavy (non-hydrogen) atoms. The third-order valence-corrected chi connectivity index (χ3v) is 8.05. The molecule has 0 aromatic rings. The lowest BCUT2D eigenvalue weighted by atomic mass is 10.3. The number of hydrogen-bond acceptors (Lipinski definition) is 2. The summed E-state index contributed by atoms with van der Waals surface area (Å²) in [5.74, 6) is 0. The summed E-state index contributed by atoms with van der Waals surface area (Å²) in [4.78, 5) is 0. The molecule has 0 radical (unpaired) electrons. The van der Waals surface area contributed by atoms with Gasteiger partial charge in [-0.3, -0.25) is 0 Å². The predicted octanol–water partition coefficient (Wildman–Crippen LogP) is 3.86. The Morgan fingerprint density at radius 3 is 2.13 bits per heavy atom. The minimum absolute atomic E-state index is 0.754. The first kappa shape index (κ1) is 13.2. The van der Waals surface area contributed by atoms with Gasteiger partial charge in [0, 0.05) is 19.8 Å². The number of rotatable bonds is 7. The van der Waals surface area contributed by atoms with E-state index >= 15 is 0 Å². The van der Waals surface area contributed by atoms with Gasteiger partial charge in [-0.15, -0.1) is 0 Å². The summed E-state index contributed by atoms with van der Waals surface area (Å²) >= 11 is 0. The summed E-state index contributed by atoms with van der Waals surface area (Å²) < 4.78 is 11.7. The molecular formula is C12H26O2Si. The van der Waals surface area contributed by atoms with Gasteiger partial charge in [-0.2, -0.15) is 0 Å². The summed E-state index contributed by atoms with van der Waals surface area (Å²) in [5, 5.41) is 0. The fourth-order valence-corrected chi connectivity index (χ4v) is 6.49. The van der Waals surface area contributed by atoms with Crippen LogP contribution in [-0.4, -0.2) is 22.8 Å². The van der Waals surface area contributed by atoms with Crippen LogP contribution in [0.3, 0.4) is 0 Å². The van der Waals surface area contributed by atoms with Crippen LogP contribution in [0.25, 0.3) is 0 Å². The number of hydrogen-bond donors (Lipinski definition) is 0. The molecule has 1 fully saturated rings. The van der Waals surface area contributed by atoms with E-state index in [1.807, 2.05) is 14.2 Å². The van der Waals surface area contributed by atoms with Gasteiger partial charge in [0.05, 0.1) is 0 Å². The lowest BCUT2D eigenvalue weighted by molar-refractivity contribution is 0.226. The van der Waals surface area contributed by atoms with E-state index in [2.05, 4.69) is 6.92 Å². The molecule has 2 nitrogen and oxygen atoms in total. The van der Waals surface area contributed by atoms with E-state index in [9.17, 15) is 0 Å². The molecule has 0 heterocycles. The van der Waals surface area contributed by atoms with Gasteiger partial charge in [0.15, 0.2) is 0 Å². The Labute approximate surface area is 95.6 Å². The van der Waals surface area contributed by atoms with Gasteiger partial charge in [-0.25, -0.2) is 0 Å². The van der Waals surface area contributed by atoms with E-state index in [0.29, 0.717) is 0 Å². The highest BCUT2D eigenvalue weighted by Gasteiger charge is 2.44. The Hall–Kier alpha value is 0.137. The van der Waals surface area contributed by atoms with Gasteiger partial charge < -0.3 is 8.85 Å². The van der Waals surface area contributed by atoms with Crippen LogP contribution in [0.2, 0.25) is 11.6 Å². The lowest BCUT2D eigenvalue weighted by Gasteiger charge is -2.33. The molecule has 0 bridgehead atoms. The first-order chi connectivity index (χ1) is 7.29. The van der Waals surface area contributed by atoms with Gasteiger partial charge in [0.25, 0.3) is 0 Å². The Balaban J connectivity index is 2.50. The summed E-state index contributed by atoms with van der Waals surface area (Å²) in [5.41, 5.74) is 0.754. The molecule has 0 aromatic carbocycles. The Bertz CT molecular complexity index is 163. The Morgan fingerprint density at radius 1 is 1.07 bits per heavy atom. The van der Waals surface area contributed by atoms with Crippen LogP contribution in [-0.2, 0) is 8.85 Å². The highest BCUT2D eigenvalue weighted by atomic mass is 28.4. The quantitative estimate of drug-likeness (QED) is 0.488. The highest BCUT2D eigenvalue weighted by molar-refractivity contribution is 6.69. The zero-order chi connectivity index (χ0) is 11.1. The molecule has 0 atom stereocenters. The molecule has 0 amide bonds. The van der Waals surface area contributed by atoms with Crippen molar-refractivity contribution in [1.82, 2.24) is 0 Å². The second kappa shape index (κ2) is 6.66. The van der Waals surface area contributed by atoms with Crippen LogP contribution >= 0.6 is 0 Å². The van der Waals surface area contributed by atoms with Crippen LogP contribution in [0.5, 0.6) is 0 Å². The summed E-state index contributed by atoms with van der Waals surface area (Å²) in [6.45, 7) is 2.25. The lowest BCUT2D eigenvalue weighted by Crippen LogP contribution is -2.44. The SMILES string of the molecule is CCCCC[Si](OC)(OC)C1CCCC1. The van der Waals surface area contributed by atoms with Gasteiger partial charge in [0.2, 0.25) is 0 Å². The van der Waals surface area contributed by atoms with E-state index in [-0.39, 0.29) is 0 Å². The maximum Gasteiger partial charge on any atom is 0.340 e. The van der Waals surface area contributed by atoms with Gasteiger partial charge in [-0.05, 0) is 18.9 Å².